The summed E-state index contributed by atoms with van der Waals surface area (Å²) in [5.41, 5.74) is 2.92. The van der Waals surface area contributed by atoms with Gasteiger partial charge in [0.2, 0.25) is 0 Å². The highest BCUT2D eigenvalue weighted by molar-refractivity contribution is 5.95. The molecule has 1 amide bonds. The minimum absolute atomic E-state index is 0.130. The van der Waals surface area contributed by atoms with E-state index in [9.17, 15) is 4.79 Å². The van der Waals surface area contributed by atoms with Crippen molar-refractivity contribution < 1.29 is 4.79 Å². The Morgan fingerprint density at radius 2 is 2.24 bits per heavy atom. The summed E-state index contributed by atoms with van der Waals surface area (Å²) in [4.78, 5) is 16.8. The van der Waals surface area contributed by atoms with Crippen molar-refractivity contribution in [1.82, 2.24) is 9.80 Å². The first-order valence-electron chi connectivity index (χ1n) is 7.79. The van der Waals surface area contributed by atoms with Crippen LogP contribution in [0.4, 0.5) is 5.69 Å². The zero-order chi connectivity index (χ0) is 15.4. The molecule has 0 bridgehead atoms. The number of carbonyl (C=O) groups is 1. The topological polar surface area (TPSA) is 35.6 Å². The van der Waals surface area contributed by atoms with Crippen molar-refractivity contribution in [2.75, 3.05) is 45.6 Å². The lowest BCUT2D eigenvalue weighted by Crippen LogP contribution is -2.33. The SMILES string of the molecule is CCNc1ccc(C(=O)N(C)CC2CCN(C)C2)c(C)c1. The Kier molecular flexibility index (Phi) is 5.23. The minimum Gasteiger partial charge on any atom is -0.385 e. The van der Waals surface area contributed by atoms with Gasteiger partial charge in [0.1, 0.15) is 0 Å². The van der Waals surface area contributed by atoms with Gasteiger partial charge in [-0.05, 0) is 63.5 Å². The van der Waals surface area contributed by atoms with Crippen LogP contribution < -0.4 is 5.32 Å². The lowest BCUT2D eigenvalue weighted by molar-refractivity contribution is 0.0773. The lowest BCUT2D eigenvalue weighted by Gasteiger charge is -2.22. The summed E-state index contributed by atoms with van der Waals surface area (Å²) in [6, 6.07) is 5.97. The number of benzene rings is 1. The van der Waals surface area contributed by atoms with Gasteiger partial charge in [-0.15, -0.1) is 0 Å². The van der Waals surface area contributed by atoms with Crippen LogP contribution in [0.15, 0.2) is 18.2 Å². The number of aryl methyl sites for hydroxylation is 1. The van der Waals surface area contributed by atoms with Crippen LogP contribution in [-0.2, 0) is 0 Å². The predicted octanol–water partition coefficient (Wildman–Crippen LogP) is 2.45. The molecule has 4 nitrogen and oxygen atoms in total. The molecule has 0 saturated carbocycles. The third-order valence-corrected chi connectivity index (χ3v) is 4.21. The van der Waals surface area contributed by atoms with Gasteiger partial charge in [-0.2, -0.15) is 0 Å². The van der Waals surface area contributed by atoms with Gasteiger partial charge >= 0.3 is 0 Å². The van der Waals surface area contributed by atoms with Crippen molar-refractivity contribution in [3.8, 4) is 0 Å². The van der Waals surface area contributed by atoms with Crippen LogP contribution in [-0.4, -0.2) is 56.0 Å². The third kappa shape index (κ3) is 3.97. The number of nitrogens with zero attached hydrogens (tertiary/aromatic N) is 2. The fourth-order valence-electron chi connectivity index (χ4n) is 3.07. The number of hydrogen-bond donors (Lipinski definition) is 1. The number of amides is 1. The quantitative estimate of drug-likeness (QED) is 0.904. The molecular weight excluding hydrogens is 262 g/mol. The number of carbonyl (C=O) groups excluding carboxylic acids is 1. The summed E-state index contributed by atoms with van der Waals surface area (Å²) < 4.78 is 0. The molecule has 0 radical (unpaired) electrons. The fraction of sp³-hybridized carbons (Fsp3) is 0.588. The summed E-state index contributed by atoms with van der Waals surface area (Å²) in [6.07, 6.45) is 1.19. The molecule has 116 valence electrons. The maximum atomic E-state index is 12.6. The molecule has 1 heterocycles. The standard InChI is InChI=1S/C17H27N3O/c1-5-18-15-6-7-16(13(2)10-15)17(21)20(4)12-14-8-9-19(3)11-14/h6-7,10,14,18H,5,8-9,11-12H2,1-4H3. The molecule has 1 aromatic carbocycles. The van der Waals surface area contributed by atoms with Crippen LogP contribution >= 0.6 is 0 Å². The zero-order valence-electron chi connectivity index (χ0n) is 13.6. The molecule has 0 aliphatic carbocycles. The van der Waals surface area contributed by atoms with Crippen LogP contribution in [0.2, 0.25) is 0 Å². The van der Waals surface area contributed by atoms with Crippen molar-refractivity contribution >= 4 is 11.6 Å². The van der Waals surface area contributed by atoms with Crippen LogP contribution in [0.1, 0.15) is 29.3 Å². The molecule has 21 heavy (non-hydrogen) atoms. The Bertz CT molecular complexity index is 501. The first-order chi connectivity index (χ1) is 10.0. The number of hydrogen-bond acceptors (Lipinski definition) is 3. The smallest absolute Gasteiger partial charge is 0.253 e. The highest BCUT2D eigenvalue weighted by Crippen LogP contribution is 2.19. The molecule has 1 N–H and O–H groups in total. The second-order valence-electron chi connectivity index (χ2n) is 6.16. The van der Waals surface area contributed by atoms with Gasteiger partial charge in [-0.1, -0.05) is 0 Å². The molecule has 1 aliphatic heterocycles. The molecular formula is C17H27N3O. The highest BCUT2D eigenvalue weighted by Gasteiger charge is 2.23. The van der Waals surface area contributed by atoms with Gasteiger partial charge in [0.25, 0.3) is 5.91 Å². The van der Waals surface area contributed by atoms with Gasteiger partial charge in [0, 0.05) is 37.9 Å². The van der Waals surface area contributed by atoms with E-state index in [2.05, 4.69) is 24.2 Å². The molecule has 1 aromatic rings. The molecule has 1 saturated heterocycles. The number of nitrogens with one attached hydrogen (secondary N) is 1. The fourth-order valence-corrected chi connectivity index (χ4v) is 3.07. The predicted molar refractivity (Wildman–Crippen MR) is 87.9 cm³/mol. The van der Waals surface area contributed by atoms with E-state index in [1.54, 1.807) is 0 Å². The first-order valence-corrected chi connectivity index (χ1v) is 7.79. The van der Waals surface area contributed by atoms with E-state index in [-0.39, 0.29) is 5.91 Å². The van der Waals surface area contributed by atoms with Crippen LogP contribution in [0, 0.1) is 12.8 Å². The zero-order valence-corrected chi connectivity index (χ0v) is 13.6. The maximum absolute atomic E-state index is 12.6. The average Bonchev–Trinajstić information content (AvgIpc) is 2.84. The van der Waals surface area contributed by atoms with Gasteiger partial charge in [-0.3, -0.25) is 4.79 Å². The van der Waals surface area contributed by atoms with E-state index in [0.29, 0.717) is 5.92 Å². The van der Waals surface area contributed by atoms with Gasteiger partial charge in [-0.25, -0.2) is 0 Å². The van der Waals surface area contributed by atoms with Crippen LogP contribution in [0.25, 0.3) is 0 Å². The summed E-state index contributed by atoms with van der Waals surface area (Å²) >= 11 is 0. The van der Waals surface area contributed by atoms with Crippen LogP contribution in [0.5, 0.6) is 0 Å². The van der Waals surface area contributed by atoms with Crippen molar-refractivity contribution in [2.24, 2.45) is 5.92 Å². The maximum Gasteiger partial charge on any atom is 0.253 e. The second-order valence-corrected chi connectivity index (χ2v) is 6.16. The van der Waals surface area contributed by atoms with Crippen molar-refractivity contribution in [3.63, 3.8) is 0 Å². The number of likely N-dealkylation sites (tertiary alicyclic amines) is 1. The molecule has 4 heteroatoms. The van der Waals surface area contributed by atoms with Crippen molar-refractivity contribution in [3.05, 3.63) is 29.3 Å². The Morgan fingerprint density at radius 3 is 2.81 bits per heavy atom. The largest absolute Gasteiger partial charge is 0.385 e. The molecule has 1 aliphatic rings. The van der Waals surface area contributed by atoms with E-state index >= 15 is 0 Å². The molecule has 1 atom stereocenters. The second kappa shape index (κ2) is 6.94. The first kappa shape index (κ1) is 15.8. The normalized spacial score (nSPS) is 18.8. The molecule has 1 unspecified atom stereocenters. The van der Waals surface area contributed by atoms with E-state index in [4.69, 9.17) is 0 Å². The highest BCUT2D eigenvalue weighted by atomic mass is 16.2. The van der Waals surface area contributed by atoms with E-state index in [0.717, 1.165) is 43.0 Å². The third-order valence-electron chi connectivity index (χ3n) is 4.21. The van der Waals surface area contributed by atoms with E-state index in [1.807, 2.05) is 37.1 Å². The van der Waals surface area contributed by atoms with E-state index < -0.39 is 0 Å². The number of rotatable bonds is 5. The average molecular weight is 289 g/mol. The van der Waals surface area contributed by atoms with Gasteiger partial charge in [0.15, 0.2) is 0 Å². The monoisotopic (exact) mass is 289 g/mol. The Labute approximate surface area is 128 Å². The van der Waals surface area contributed by atoms with Gasteiger partial charge in [0.05, 0.1) is 0 Å². The molecule has 0 spiro atoms. The summed E-state index contributed by atoms with van der Waals surface area (Å²) in [7, 11) is 4.06. The Hall–Kier alpha value is -1.55. The minimum atomic E-state index is 0.130. The van der Waals surface area contributed by atoms with Crippen molar-refractivity contribution in [2.45, 2.75) is 20.3 Å². The Morgan fingerprint density at radius 1 is 1.48 bits per heavy atom. The van der Waals surface area contributed by atoms with E-state index in [1.165, 1.54) is 6.42 Å². The molecule has 1 fully saturated rings. The summed E-state index contributed by atoms with van der Waals surface area (Å²) in [5.74, 6) is 0.732. The lowest BCUT2D eigenvalue weighted by atomic mass is 10.0. The summed E-state index contributed by atoms with van der Waals surface area (Å²) in [6.45, 7) is 8.05. The van der Waals surface area contributed by atoms with Crippen molar-refractivity contribution in [1.29, 1.82) is 0 Å². The number of anilines is 1. The molecule has 0 aromatic heterocycles. The summed E-state index contributed by atoms with van der Waals surface area (Å²) in [5, 5.41) is 3.28. The van der Waals surface area contributed by atoms with Gasteiger partial charge < -0.3 is 15.1 Å². The Balaban J connectivity index is 2.01. The molecule has 2 rings (SSSR count). The van der Waals surface area contributed by atoms with Crippen LogP contribution in [0.3, 0.4) is 0 Å².